The van der Waals surface area contributed by atoms with Gasteiger partial charge in [0.1, 0.15) is 5.75 Å². The normalized spacial score (nSPS) is 11.9. The zero-order valence-electron chi connectivity index (χ0n) is 11.8. The number of carbonyl (C=O) groups is 1. The first-order valence-electron chi connectivity index (χ1n) is 6.39. The first kappa shape index (κ1) is 17.1. The first-order valence-corrected chi connectivity index (χ1v) is 9.59. The number of primary sulfonamides is 1. The van der Waals surface area contributed by atoms with Crippen molar-refractivity contribution >= 4 is 31.5 Å². The molecule has 0 saturated heterocycles. The summed E-state index contributed by atoms with van der Waals surface area (Å²) in [5.74, 6) is -1.44. The topological polar surface area (TPSA) is 123 Å². The van der Waals surface area contributed by atoms with E-state index in [-0.39, 0.29) is 15.5 Å². The van der Waals surface area contributed by atoms with Crippen LogP contribution in [0.1, 0.15) is 0 Å². The molecule has 0 unspecified atom stereocenters. The molecule has 7 nitrogen and oxygen atoms in total. The summed E-state index contributed by atoms with van der Waals surface area (Å²) in [4.78, 5) is 11.8. The van der Waals surface area contributed by atoms with Gasteiger partial charge < -0.3 is 5.32 Å². The fraction of sp³-hybridized carbons (Fsp3) is 0.0714. The van der Waals surface area contributed by atoms with Crippen molar-refractivity contribution in [2.75, 3.05) is 11.1 Å². The Morgan fingerprint density at radius 3 is 1.96 bits per heavy atom. The van der Waals surface area contributed by atoms with Gasteiger partial charge in [0.05, 0.1) is 9.79 Å². The number of nitrogens with one attached hydrogen (secondary N) is 1. The zero-order chi connectivity index (χ0) is 17.1. The minimum Gasteiger partial charge on any atom is -0.325 e. The highest BCUT2D eigenvalue weighted by Crippen LogP contribution is 2.14. The van der Waals surface area contributed by atoms with Crippen LogP contribution < -0.4 is 10.5 Å². The van der Waals surface area contributed by atoms with E-state index in [0.717, 1.165) is 0 Å². The van der Waals surface area contributed by atoms with Crippen molar-refractivity contribution in [3.8, 4) is 0 Å². The highest BCUT2D eigenvalue weighted by molar-refractivity contribution is 7.92. The van der Waals surface area contributed by atoms with Gasteiger partial charge in [0.2, 0.25) is 15.9 Å². The van der Waals surface area contributed by atoms with E-state index >= 15 is 0 Å². The number of amides is 1. The summed E-state index contributed by atoms with van der Waals surface area (Å²) < 4.78 is 46.4. The summed E-state index contributed by atoms with van der Waals surface area (Å²) in [6.45, 7) is 0. The summed E-state index contributed by atoms with van der Waals surface area (Å²) in [6, 6.07) is 12.7. The molecule has 0 aliphatic rings. The molecule has 0 heterocycles. The molecule has 0 fully saturated rings. The van der Waals surface area contributed by atoms with E-state index in [1.807, 2.05) is 0 Å². The standard InChI is InChI=1S/C14H14N2O5S2/c15-23(20,21)13-8-6-11(7-9-13)16-14(17)10-22(18,19)12-4-2-1-3-5-12/h1-9H,10H2,(H,16,17)(H2,15,20,21). The molecule has 2 rings (SSSR count). The second-order valence-electron chi connectivity index (χ2n) is 4.69. The second-order valence-corrected chi connectivity index (χ2v) is 8.24. The average molecular weight is 354 g/mol. The summed E-state index contributed by atoms with van der Waals surface area (Å²) in [5.41, 5.74) is 0.269. The molecule has 2 aromatic rings. The van der Waals surface area contributed by atoms with Crippen LogP contribution in [0.3, 0.4) is 0 Å². The number of anilines is 1. The monoisotopic (exact) mass is 354 g/mol. The largest absolute Gasteiger partial charge is 0.325 e. The lowest BCUT2D eigenvalue weighted by atomic mass is 10.3. The second kappa shape index (κ2) is 6.49. The minimum absolute atomic E-state index is 0.0553. The third-order valence-electron chi connectivity index (χ3n) is 2.89. The van der Waals surface area contributed by atoms with E-state index in [1.165, 1.54) is 36.4 Å². The van der Waals surface area contributed by atoms with Crippen LogP contribution >= 0.6 is 0 Å². The quantitative estimate of drug-likeness (QED) is 0.820. The summed E-state index contributed by atoms with van der Waals surface area (Å²) in [6.07, 6.45) is 0. The van der Waals surface area contributed by atoms with Crippen LogP contribution in [-0.4, -0.2) is 28.5 Å². The van der Waals surface area contributed by atoms with Crippen molar-refractivity contribution in [2.24, 2.45) is 5.14 Å². The molecular formula is C14H14N2O5S2. The molecular weight excluding hydrogens is 340 g/mol. The molecule has 9 heteroatoms. The van der Waals surface area contributed by atoms with Crippen LogP contribution in [0, 0.1) is 0 Å². The number of rotatable bonds is 5. The van der Waals surface area contributed by atoms with Crippen LogP contribution in [0.2, 0.25) is 0 Å². The molecule has 0 aliphatic carbocycles. The number of hydrogen-bond acceptors (Lipinski definition) is 5. The predicted molar refractivity (Wildman–Crippen MR) is 84.9 cm³/mol. The van der Waals surface area contributed by atoms with Crippen LogP contribution in [-0.2, 0) is 24.7 Å². The summed E-state index contributed by atoms with van der Waals surface area (Å²) in [7, 11) is -7.56. The van der Waals surface area contributed by atoms with E-state index in [9.17, 15) is 21.6 Å². The van der Waals surface area contributed by atoms with Gasteiger partial charge in [-0.15, -0.1) is 0 Å². The van der Waals surface area contributed by atoms with Crippen molar-refractivity contribution < 1.29 is 21.6 Å². The van der Waals surface area contributed by atoms with Crippen LogP contribution in [0.4, 0.5) is 5.69 Å². The van der Waals surface area contributed by atoms with Crippen LogP contribution in [0.5, 0.6) is 0 Å². The van der Waals surface area contributed by atoms with Crippen LogP contribution in [0.25, 0.3) is 0 Å². The Balaban J connectivity index is 2.08. The molecule has 0 atom stereocenters. The van der Waals surface area contributed by atoms with Crippen molar-refractivity contribution in [1.29, 1.82) is 0 Å². The Bertz CT molecular complexity index is 905. The molecule has 0 aromatic heterocycles. The van der Waals surface area contributed by atoms with Gasteiger partial charge in [0, 0.05) is 5.69 Å². The van der Waals surface area contributed by atoms with E-state index in [0.29, 0.717) is 0 Å². The van der Waals surface area contributed by atoms with Crippen LogP contribution in [0.15, 0.2) is 64.4 Å². The first-order chi connectivity index (χ1) is 10.7. The van der Waals surface area contributed by atoms with Crippen molar-refractivity contribution in [1.82, 2.24) is 0 Å². The third-order valence-corrected chi connectivity index (χ3v) is 5.45. The maximum absolute atomic E-state index is 12.1. The number of sulfone groups is 1. The highest BCUT2D eigenvalue weighted by atomic mass is 32.2. The molecule has 0 bridgehead atoms. The number of sulfonamides is 1. The van der Waals surface area contributed by atoms with E-state index in [2.05, 4.69) is 5.32 Å². The average Bonchev–Trinajstić information content (AvgIpc) is 2.47. The van der Waals surface area contributed by atoms with Gasteiger partial charge in [-0.25, -0.2) is 22.0 Å². The number of carbonyl (C=O) groups excluding carboxylic acids is 1. The number of nitrogens with two attached hydrogens (primary N) is 1. The molecule has 1 amide bonds. The van der Waals surface area contributed by atoms with Crippen molar-refractivity contribution in [2.45, 2.75) is 9.79 Å². The molecule has 0 aliphatic heterocycles. The Hall–Kier alpha value is -2.23. The van der Waals surface area contributed by atoms with Gasteiger partial charge >= 0.3 is 0 Å². The van der Waals surface area contributed by atoms with Gasteiger partial charge in [-0.3, -0.25) is 4.79 Å². The van der Waals surface area contributed by atoms with Crippen molar-refractivity contribution in [3.05, 3.63) is 54.6 Å². The zero-order valence-corrected chi connectivity index (χ0v) is 13.5. The Morgan fingerprint density at radius 2 is 1.43 bits per heavy atom. The minimum atomic E-state index is -3.82. The Morgan fingerprint density at radius 1 is 0.870 bits per heavy atom. The van der Waals surface area contributed by atoms with E-state index in [1.54, 1.807) is 18.2 Å². The summed E-state index contributed by atoms with van der Waals surface area (Å²) in [5, 5.41) is 7.35. The van der Waals surface area contributed by atoms with Crippen molar-refractivity contribution in [3.63, 3.8) is 0 Å². The van der Waals surface area contributed by atoms with Gasteiger partial charge in [-0.05, 0) is 36.4 Å². The van der Waals surface area contributed by atoms with Gasteiger partial charge in [-0.2, -0.15) is 0 Å². The molecule has 2 aromatic carbocycles. The van der Waals surface area contributed by atoms with E-state index in [4.69, 9.17) is 5.14 Å². The lowest BCUT2D eigenvalue weighted by molar-refractivity contribution is -0.113. The molecule has 122 valence electrons. The fourth-order valence-electron chi connectivity index (χ4n) is 1.81. The predicted octanol–water partition coefficient (Wildman–Crippen LogP) is 0.746. The number of hydrogen-bond donors (Lipinski definition) is 2. The fourth-order valence-corrected chi connectivity index (χ4v) is 3.48. The summed E-state index contributed by atoms with van der Waals surface area (Å²) >= 11 is 0. The molecule has 3 N–H and O–H groups in total. The maximum Gasteiger partial charge on any atom is 0.239 e. The highest BCUT2D eigenvalue weighted by Gasteiger charge is 2.19. The molecule has 0 spiro atoms. The van der Waals surface area contributed by atoms with Gasteiger partial charge in [0.25, 0.3) is 0 Å². The lowest BCUT2D eigenvalue weighted by Crippen LogP contribution is -2.23. The Kier molecular flexibility index (Phi) is 4.83. The lowest BCUT2D eigenvalue weighted by Gasteiger charge is -2.07. The third kappa shape index (κ3) is 4.62. The maximum atomic E-state index is 12.1. The van der Waals surface area contributed by atoms with Gasteiger partial charge in [-0.1, -0.05) is 18.2 Å². The SMILES string of the molecule is NS(=O)(=O)c1ccc(NC(=O)CS(=O)(=O)c2ccccc2)cc1. The molecule has 0 radical (unpaired) electrons. The number of benzene rings is 2. The Labute approximate surface area is 134 Å². The smallest absolute Gasteiger partial charge is 0.239 e. The van der Waals surface area contributed by atoms with Gasteiger partial charge in [0.15, 0.2) is 9.84 Å². The van der Waals surface area contributed by atoms with E-state index < -0.39 is 31.5 Å². The molecule has 0 saturated carbocycles. The molecule has 23 heavy (non-hydrogen) atoms.